The number of hydrogen-bond acceptors (Lipinski definition) is 8. The van der Waals surface area contributed by atoms with Crippen molar-refractivity contribution in [3.05, 3.63) is 34.2 Å². The molecular formula is C13H14N6S2. The topological polar surface area (TPSA) is 89.6 Å². The summed E-state index contributed by atoms with van der Waals surface area (Å²) in [5.41, 5.74) is 8.64. The Labute approximate surface area is 130 Å². The first-order valence-electron chi connectivity index (χ1n) is 6.33. The standard InChI is InChI=1S/C13H14N6S2/c1-7-15-4-3-9(17-7)5-16-13-11(12(14)19-21-13)10-6-20-8(2)18-10/h3-4,6,16H,5H2,1-2H3,(H2,14,19). The van der Waals surface area contributed by atoms with E-state index in [4.69, 9.17) is 5.73 Å². The maximum Gasteiger partial charge on any atom is 0.148 e. The summed E-state index contributed by atoms with van der Waals surface area (Å²) in [6.45, 7) is 4.44. The fourth-order valence-electron chi connectivity index (χ4n) is 1.92. The van der Waals surface area contributed by atoms with E-state index in [0.29, 0.717) is 12.4 Å². The van der Waals surface area contributed by atoms with Crippen molar-refractivity contribution in [2.75, 3.05) is 11.1 Å². The highest BCUT2D eigenvalue weighted by Crippen LogP contribution is 2.37. The zero-order chi connectivity index (χ0) is 14.8. The van der Waals surface area contributed by atoms with Crippen molar-refractivity contribution in [1.82, 2.24) is 19.3 Å². The van der Waals surface area contributed by atoms with Gasteiger partial charge in [-0.1, -0.05) is 0 Å². The Bertz CT molecular complexity index is 764. The maximum absolute atomic E-state index is 5.97. The molecule has 0 saturated heterocycles. The van der Waals surface area contributed by atoms with Crippen LogP contribution in [0.15, 0.2) is 17.6 Å². The molecule has 3 N–H and O–H groups in total. The van der Waals surface area contributed by atoms with E-state index in [-0.39, 0.29) is 0 Å². The van der Waals surface area contributed by atoms with Crippen molar-refractivity contribution in [2.45, 2.75) is 20.4 Å². The van der Waals surface area contributed by atoms with Crippen LogP contribution < -0.4 is 11.1 Å². The summed E-state index contributed by atoms with van der Waals surface area (Å²) in [6.07, 6.45) is 1.76. The molecule has 0 saturated carbocycles. The van der Waals surface area contributed by atoms with Crippen molar-refractivity contribution < 1.29 is 0 Å². The average molecular weight is 318 g/mol. The van der Waals surface area contributed by atoms with Gasteiger partial charge in [-0.25, -0.2) is 15.0 Å². The van der Waals surface area contributed by atoms with Crippen LogP contribution in [0.3, 0.4) is 0 Å². The minimum Gasteiger partial charge on any atom is -0.382 e. The lowest BCUT2D eigenvalue weighted by atomic mass is 10.2. The average Bonchev–Trinajstić information content (AvgIpc) is 3.02. The first kappa shape index (κ1) is 13.9. The van der Waals surface area contributed by atoms with Crippen LogP contribution >= 0.6 is 22.9 Å². The van der Waals surface area contributed by atoms with Gasteiger partial charge in [0.15, 0.2) is 0 Å². The van der Waals surface area contributed by atoms with Gasteiger partial charge in [0, 0.05) is 11.6 Å². The fourth-order valence-corrected chi connectivity index (χ4v) is 3.25. The molecule has 0 aliphatic carbocycles. The van der Waals surface area contributed by atoms with Crippen molar-refractivity contribution in [3.63, 3.8) is 0 Å². The number of aromatic nitrogens is 4. The number of nitrogens with zero attached hydrogens (tertiary/aromatic N) is 4. The summed E-state index contributed by atoms with van der Waals surface area (Å²) in [4.78, 5) is 12.9. The summed E-state index contributed by atoms with van der Waals surface area (Å²) >= 11 is 2.94. The molecule has 0 amide bonds. The van der Waals surface area contributed by atoms with Crippen LogP contribution in [0.1, 0.15) is 16.5 Å². The molecule has 3 aromatic rings. The normalized spacial score (nSPS) is 10.8. The molecule has 0 aliphatic heterocycles. The van der Waals surface area contributed by atoms with E-state index in [1.54, 1.807) is 17.5 Å². The predicted octanol–water partition coefficient (Wildman–Crippen LogP) is 2.87. The number of nitrogen functional groups attached to an aromatic ring is 1. The number of nitrogens with two attached hydrogens (primary N) is 1. The molecular weight excluding hydrogens is 304 g/mol. The molecule has 0 spiro atoms. The number of rotatable bonds is 4. The molecule has 0 fully saturated rings. The Hall–Kier alpha value is -2.06. The van der Waals surface area contributed by atoms with Crippen LogP contribution in [0.2, 0.25) is 0 Å². The second kappa shape index (κ2) is 5.74. The van der Waals surface area contributed by atoms with E-state index < -0.39 is 0 Å². The van der Waals surface area contributed by atoms with Gasteiger partial charge in [-0.3, -0.25) is 0 Å². The highest BCUT2D eigenvalue weighted by atomic mass is 32.1. The number of nitrogens with one attached hydrogen (secondary N) is 1. The van der Waals surface area contributed by atoms with Gasteiger partial charge in [0.1, 0.15) is 16.6 Å². The van der Waals surface area contributed by atoms with E-state index in [0.717, 1.165) is 32.8 Å². The number of thiazole rings is 1. The van der Waals surface area contributed by atoms with Gasteiger partial charge in [0.05, 0.1) is 28.5 Å². The Kier molecular flexibility index (Phi) is 3.80. The number of aryl methyl sites for hydroxylation is 2. The van der Waals surface area contributed by atoms with Gasteiger partial charge >= 0.3 is 0 Å². The lowest BCUT2D eigenvalue weighted by molar-refractivity contribution is 0.957. The van der Waals surface area contributed by atoms with Crippen LogP contribution in [0.5, 0.6) is 0 Å². The summed E-state index contributed by atoms with van der Waals surface area (Å²) in [5, 5.41) is 7.25. The molecule has 8 heteroatoms. The SMILES string of the molecule is Cc1nccc(CNc2snc(N)c2-c2csc(C)n2)n1. The molecule has 3 rings (SSSR count). The smallest absolute Gasteiger partial charge is 0.148 e. The number of anilines is 2. The Balaban J connectivity index is 1.83. The molecule has 0 radical (unpaired) electrons. The minimum absolute atomic E-state index is 0.506. The maximum atomic E-state index is 5.97. The van der Waals surface area contributed by atoms with E-state index in [9.17, 15) is 0 Å². The van der Waals surface area contributed by atoms with Gasteiger partial charge in [0.25, 0.3) is 0 Å². The molecule has 3 aromatic heterocycles. The zero-order valence-corrected chi connectivity index (χ0v) is 13.3. The molecule has 0 aromatic carbocycles. The van der Waals surface area contributed by atoms with Crippen molar-refractivity contribution >= 4 is 33.7 Å². The monoisotopic (exact) mass is 318 g/mol. The minimum atomic E-state index is 0.506. The second-order valence-electron chi connectivity index (χ2n) is 4.47. The van der Waals surface area contributed by atoms with Gasteiger partial charge < -0.3 is 11.1 Å². The van der Waals surface area contributed by atoms with E-state index >= 15 is 0 Å². The molecule has 108 valence electrons. The van der Waals surface area contributed by atoms with E-state index in [1.165, 1.54) is 11.5 Å². The second-order valence-corrected chi connectivity index (χ2v) is 6.31. The third-order valence-electron chi connectivity index (χ3n) is 2.86. The lowest BCUT2D eigenvalue weighted by Gasteiger charge is -2.05. The molecule has 21 heavy (non-hydrogen) atoms. The lowest BCUT2D eigenvalue weighted by Crippen LogP contribution is -2.03. The predicted molar refractivity (Wildman–Crippen MR) is 86.5 cm³/mol. The highest BCUT2D eigenvalue weighted by Gasteiger charge is 2.16. The molecule has 0 bridgehead atoms. The Morgan fingerprint density at radius 2 is 2.14 bits per heavy atom. The van der Waals surface area contributed by atoms with Crippen LogP contribution in [0, 0.1) is 13.8 Å². The quantitative estimate of drug-likeness (QED) is 0.769. The zero-order valence-electron chi connectivity index (χ0n) is 11.6. The van der Waals surface area contributed by atoms with Crippen molar-refractivity contribution in [1.29, 1.82) is 0 Å². The van der Waals surface area contributed by atoms with Gasteiger partial charge in [-0.05, 0) is 31.4 Å². The summed E-state index contributed by atoms with van der Waals surface area (Å²) in [5.74, 6) is 1.26. The fraction of sp³-hybridized carbons (Fsp3) is 0.231. The van der Waals surface area contributed by atoms with E-state index in [1.807, 2.05) is 25.3 Å². The Morgan fingerprint density at radius 3 is 2.86 bits per heavy atom. The van der Waals surface area contributed by atoms with Crippen LogP contribution in [-0.2, 0) is 6.54 Å². The number of hydrogen-bond donors (Lipinski definition) is 2. The molecule has 6 nitrogen and oxygen atoms in total. The summed E-state index contributed by atoms with van der Waals surface area (Å²) in [7, 11) is 0. The summed E-state index contributed by atoms with van der Waals surface area (Å²) in [6, 6.07) is 1.89. The third-order valence-corrected chi connectivity index (χ3v) is 4.45. The van der Waals surface area contributed by atoms with Crippen molar-refractivity contribution in [2.24, 2.45) is 0 Å². The highest BCUT2D eigenvalue weighted by molar-refractivity contribution is 7.11. The van der Waals surface area contributed by atoms with Crippen molar-refractivity contribution in [3.8, 4) is 11.3 Å². The molecule has 0 unspecified atom stereocenters. The summed E-state index contributed by atoms with van der Waals surface area (Å²) < 4.78 is 4.22. The van der Waals surface area contributed by atoms with E-state index in [2.05, 4.69) is 24.6 Å². The Morgan fingerprint density at radius 1 is 1.29 bits per heavy atom. The van der Waals surface area contributed by atoms with Crippen LogP contribution in [0.25, 0.3) is 11.3 Å². The van der Waals surface area contributed by atoms with Crippen LogP contribution in [0.4, 0.5) is 10.8 Å². The van der Waals surface area contributed by atoms with Gasteiger partial charge in [-0.2, -0.15) is 4.37 Å². The van der Waals surface area contributed by atoms with Gasteiger partial charge in [0.2, 0.25) is 0 Å². The first-order valence-corrected chi connectivity index (χ1v) is 7.99. The first-order chi connectivity index (χ1) is 10.1. The molecule has 0 atom stereocenters. The van der Waals surface area contributed by atoms with Crippen LogP contribution in [-0.4, -0.2) is 19.3 Å². The van der Waals surface area contributed by atoms with Gasteiger partial charge in [-0.15, -0.1) is 11.3 Å². The molecule has 3 heterocycles. The largest absolute Gasteiger partial charge is 0.382 e. The molecule has 0 aliphatic rings. The third kappa shape index (κ3) is 3.01.